The van der Waals surface area contributed by atoms with Crippen molar-refractivity contribution in [1.29, 1.82) is 0 Å². The predicted octanol–water partition coefficient (Wildman–Crippen LogP) is 5.09. The van der Waals surface area contributed by atoms with Crippen LogP contribution in [0.15, 0.2) is 60.8 Å². The lowest BCUT2D eigenvalue weighted by Crippen LogP contribution is -2.41. The quantitative estimate of drug-likeness (QED) is 0.498. The second-order valence-corrected chi connectivity index (χ2v) is 8.21. The van der Waals surface area contributed by atoms with E-state index in [-0.39, 0.29) is 11.8 Å². The minimum absolute atomic E-state index is 0.0113. The number of benzene rings is 2. The number of aryl methyl sites for hydroxylation is 2. The number of nitrogens with zero attached hydrogens (tertiary/aromatic N) is 3. The third-order valence-electron chi connectivity index (χ3n) is 6.21. The Morgan fingerprint density at radius 1 is 1.10 bits per heavy atom. The first-order valence-corrected chi connectivity index (χ1v) is 10.9. The van der Waals surface area contributed by atoms with Gasteiger partial charge in [-0.3, -0.25) is 9.78 Å². The zero-order chi connectivity index (χ0) is 21.4. The van der Waals surface area contributed by atoms with Crippen molar-refractivity contribution in [2.45, 2.75) is 33.1 Å². The van der Waals surface area contributed by atoms with E-state index in [4.69, 9.17) is 0 Å². The van der Waals surface area contributed by atoms with Gasteiger partial charge in [-0.15, -0.1) is 0 Å². The highest BCUT2D eigenvalue weighted by molar-refractivity contribution is 5.97. The number of pyridine rings is 1. The summed E-state index contributed by atoms with van der Waals surface area (Å²) in [6.07, 6.45) is 4.25. The fraction of sp³-hybridized carbons (Fsp3) is 0.269. The number of carbonyl (C=O) groups excluding carboxylic acids is 1. The number of H-pyrrole nitrogens is 1. The topological polar surface area (TPSA) is 61.9 Å². The molecule has 0 saturated carbocycles. The molecule has 0 radical (unpaired) electrons. The summed E-state index contributed by atoms with van der Waals surface area (Å²) in [4.78, 5) is 27.4. The Balaban J connectivity index is 1.32. The van der Waals surface area contributed by atoms with Crippen molar-refractivity contribution in [3.05, 3.63) is 77.9 Å². The number of para-hydroxylation sites is 1. The monoisotopic (exact) mass is 410 g/mol. The Bertz CT molecular complexity index is 1240. The van der Waals surface area contributed by atoms with Gasteiger partial charge in [-0.25, -0.2) is 4.98 Å². The van der Waals surface area contributed by atoms with Gasteiger partial charge in [-0.2, -0.15) is 0 Å². The molecule has 0 bridgehead atoms. The van der Waals surface area contributed by atoms with Gasteiger partial charge >= 0.3 is 0 Å². The van der Waals surface area contributed by atoms with Crippen molar-refractivity contribution in [3.63, 3.8) is 0 Å². The molecule has 2 aromatic heterocycles. The normalized spacial score (nSPS) is 16.0. The summed E-state index contributed by atoms with van der Waals surface area (Å²) in [7, 11) is 0. The second-order valence-electron chi connectivity index (χ2n) is 8.21. The standard InChI is InChI=1S/C26H26N4O/c1-3-30-24-8-5-15-27-23(24)16-20(26(30)31)14-11-18-9-12-19(13-10-18)21-6-4-7-22-25(21)29-17(2)28-22/h4-10,12-13,15,20H,3,11,14,16H2,1-2H3,(H,28,29). The van der Waals surface area contributed by atoms with E-state index in [0.717, 1.165) is 58.6 Å². The lowest BCUT2D eigenvalue weighted by Gasteiger charge is -2.32. The molecule has 1 N–H and O–H groups in total. The van der Waals surface area contributed by atoms with E-state index in [1.807, 2.05) is 37.1 Å². The molecule has 0 fully saturated rings. The highest BCUT2D eigenvalue weighted by Gasteiger charge is 2.32. The summed E-state index contributed by atoms with van der Waals surface area (Å²) in [6, 6.07) is 18.8. The fourth-order valence-corrected chi connectivity index (χ4v) is 4.62. The van der Waals surface area contributed by atoms with Crippen LogP contribution >= 0.6 is 0 Å². The van der Waals surface area contributed by atoms with E-state index in [1.165, 1.54) is 5.56 Å². The van der Waals surface area contributed by atoms with Gasteiger partial charge in [0.2, 0.25) is 5.91 Å². The number of aromatic nitrogens is 3. The number of nitrogens with one attached hydrogen (secondary N) is 1. The molecule has 5 nitrogen and oxygen atoms in total. The number of rotatable bonds is 5. The van der Waals surface area contributed by atoms with Crippen molar-refractivity contribution in [3.8, 4) is 11.1 Å². The molecular weight excluding hydrogens is 384 g/mol. The molecule has 0 saturated heterocycles. The number of anilines is 1. The number of imidazole rings is 1. The Labute approximate surface area is 182 Å². The lowest BCUT2D eigenvalue weighted by molar-refractivity contribution is -0.123. The van der Waals surface area contributed by atoms with E-state index in [1.54, 1.807) is 0 Å². The van der Waals surface area contributed by atoms with Gasteiger partial charge in [-0.05, 0) is 56.0 Å². The van der Waals surface area contributed by atoms with Crippen LogP contribution in [0.2, 0.25) is 0 Å². The molecule has 1 aliphatic heterocycles. The zero-order valence-electron chi connectivity index (χ0n) is 17.9. The number of aromatic amines is 1. The van der Waals surface area contributed by atoms with Crippen LogP contribution < -0.4 is 4.90 Å². The molecule has 1 amide bonds. The maximum atomic E-state index is 13.0. The summed E-state index contributed by atoms with van der Waals surface area (Å²) in [5.74, 6) is 1.14. The molecule has 1 aliphatic rings. The van der Waals surface area contributed by atoms with Gasteiger partial charge in [0.05, 0.1) is 22.4 Å². The van der Waals surface area contributed by atoms with Crippen molar-refractivity contribution < 1.29 is 4.79 Å². The van der Waals surface area contributed by atoms with Crippen molar-refractivity contribution >= 4 is 22.6 Å². The molecule has 4 aromatic rings. The summed E-state index contributed by atoms with van der Waals surface area (Å²) in [5, 5.41) is 0. The highest BCUT2D eigenvalue weighted by Crippen LogP contribution is 2.32. The third-order valence-corrected chi connectivity index (χ3v) is 6.21. The van der Waals surface area contributed by atoms with Crippen LogP contribution in [0, 0.1) is 12.8 Å². The maximum absolute atomic E-state index is 13.0. The van der Waals surface area contributed by atoms with E-state index in [2.05, 4.69) is 57.4 Å². The molecule has 1 atom stereocenters. The summed E-state index contributed by atoms with van der Waals surface area (Å²) in [5.41, 5.74) is 7.61. The van der Waals surface area contributed by atoms with E-state index in [0.29, 0.717) is 6.54 Å². The molecule has 2 aromatic carbocycles. The van der Waals surface area contributed by atoms with Gasteiger partial charge in [0.25, 0.3) is 0 Å². The first-order chi connectivity index (χ1) is 15.1. The Hall–Kier alpha value is -3.47. The van der Waals surface area contributed by atoms with Crippen LogP contribution in [0.25, 0.3) is 22.2 Å². The summed E-state index contributed by atoms with van der Waals surface area (Å²) < 4.78 is 0. The minimum Gasteiger partial charge on any atom is -0.342 e. The molecule has 1 unspecified atom stereocenters. The van der Waals surface area contributed by atoms with Gasteiger partial charge in [0.15, 0.2) is 0 Å². The maximum Gasteiger partial charge on any atom is 0.230 e. The molecule has 5 rings (SSSR count). The third kappa shape index (κ3) is 3.61. The van der Waals surface area contributed by atoms with E-state index < -0.39 is 0 Å². The summed E-state index contributed by atoms with van der Waals surface area (Å²) >= 11 is 0. The number of amides is 1. The Morgan fingerprint density at radius 3 is 2.74 bits per heavy atom. The first-order valence-electron chi connectivity index (χ1n) is 10.9. The second kappa shape index (κ2) is 7.99. The van der Waals surface area contributed by atoms with Gasteiger partial charge in [0.1, 0.15) is 5.82 Å². The smallest absolute Gasteiger partial charge is 0.230 e. The molecule has 156 valence electrons. The SMILES string of the molecule is CCN1C(=O)C(CCc2ccc(-c3cccc4[nH]c(C)nc34)cc2)Cc2ncccc21. The first kappa shape index (κ1) is 19.5. The Kier molecular flexibility index (Phi) is 5.02. The van der Waals surface area contributed by atoms with Crippen LogP contribution in [0.3, 0.4) is 0 Å². The molecular formula is C26H26N4O. The van der Waals surface area contributed by atoms with Crippen LogP contribution in [-0.2, 0) is 17.6 Å². The minimum atomic E-state index is -0.0113. The van der Waals surface area contributed by atoms with Crippen molar-refractivity contribution in [1.82, 2.24) is 15.0 Å². The number of hydrogen-bond donors (Lipinski definition) is 1. The van der Waals surface area contributed by atoms with Crippen LogP contribution in [0.1, 0.15) is 30.4 Å². The predicted molar refractivity (Wildman–Crippen MR) is 124 cm³/mol. The fourth-order valence-electron chi connectivity index (χ4n) is 4.62. The molecule has 3 heterocycles. The van der Waals surface area contributed by atoms with Gasteiger partial charge in [-0.1, -0.05) is 36.4 Å². The van der Waals surface area contributed by atoms with Crippen molar-refractivity contribution in [2.24, 2.45) is 5.92 Å². The number of hydrogen-bond acceptors (Lipinski definition) is 3. The van der Waals surface area contributed by atoms with Gasteiger partial charge < -0.3 is 9.88 Å². The van der Waals surface area contributed by atoms with Crippen molar-refractivity contribution in [2.75, 3.05) is 11.4 Å². The average Bonchev–Trinajstić information content (AvgIpc) is 3.18. The largest absolute Gasteiger partial charge is 0.342 e. The summed E-state index contributed by atoms with van der Waals surface area (Å²) in [6.45, 7) is 4.69. The zero-order valence-corrected chi connectivity index (χ0v) is 17.9. The molecule has 5 heteroatoms. The van der Waals surface area contributed by atoms with Crippen LogP contribution in [0.5, 0.6) is 0 Å². The number of carbonyl (C=O) groups is 1. The van der Waals surface area contributed by atoms with Crippen LogP contribution in [0.4, 0.5) is 5.69 Å². The Morgan fingerprint density at radius 2 is 1.94 bits per heavy atom. The lowest BCUT2D eigenvalue weighted by atomic mass is 9.89. The molecule has 0 aliphatic carbocycles. The average molecular weight is 411 g/mol. The van der Waals surface area contributed by atoms with E-state index >= 15 is 0 Å². The highest BCUT2D eigenvalue weighted by atomic mass is 16.2. The van der Waals surface area contributed by atoms with Crippen LogP contribution in [-0.4, -0.2) is 27.4 Å². The number of fused-ring (bicyclic) bond motifs is 2. The molecule has 31 heavy (non-hydrogen) atoms. The molecule has 0 spiro atoms. The van der Waals surface area contributed by atoms with Gasteiger partial charge in [0, 0.05) is 30.6 Å². The van der Waals surface area contributed by atoms with E-state index in [9.17, 15) is 4.79 Å².